The summed E-state index contributed by atoms with van der Waals surface area (Å²) in [6.07, 6.45) is 0.682. The van der Waals surface area contributed by atoms with Gasteiger partial charge < -0.3 is 14.5 Å². The summed E-state index contributed by atoms with van der Waals surface area (Å²) in [6.45, 7) is 1.74. The van der Waals surface area contributed by atoms with Crippen LogP contribution in [0.4, 0.5) is 0 Å². The van der Waals surface area contributed by atoms with Gasteiger partial charge in [0.1, 0.15) is 0 Å². The second-order valence-corrected chi connectivity index (χ2v) is 4.22. The third kappa shape index (κ3) is 3.34. The maximum atomic E-state index is 10.8. The van der Waals surface area contributed by atoms with Crippen molar-refractivity contribution in [2.24, 2.45) is 0 Å². The smallest absolute Gasteiger partial charge is 0.339 e. The number of hydrogen-bond acceptors (Lipinski definition) is 3. The molecule has 72 valence electrons. The molecule has 0 fully saturated rings. The zero-order valence-electron chi connectivity index (χ0n) is 7.06. The summed E-state index contributed by atoms with van der Waals surface area (Å²) in [5, 5.41) is 0. The fourth-order valence-corrected chi connectivity index (χ4v) is 1.81. The lowest BCUT2D eigenvalue weighted by Crippen LogP contribution is -2.22. The van der Waals surface area contributed by atoms with Crippen molar-refractivity contribution in [2.75, 3.05) is 7.11 Å². The minimum Gasteiger partial charge on any atom is -0.468 e. The zero-order chi connectivity index (χ0) is 9.78. The predicted molar refractivity (Wildman–Crippen MR) is 42.8 cm³/mol. The fourth-order valence-electron chi connectivity index (χ4n) is 0.833. The molecule has 1 atom stereocenters. The Labute approximate surface area is 70.9 Å². The molecular weight excluding hydrogens is 183 g/mol. The Morgan fingerprint density at radius 2 is 2.08 bits per heavy atom. The average molecular weight is 196 g/mol. The van der Waals surface area contributed by atoms with Crippen molar-refractivity contribution >= 4 is 13.6 Å². The van der Waals surface area contributed by atoms with Crippen LogP contribution in [-0.2, 0) is 14.1 Å². The van der Waals surface area contributed by atoms with Crippen molar-refractivity contribution < 1.29 is 23.9 Å². The molecule has 0 aliphatic carbocycles. The summed E-state index contributed by atoms with van der Waals surface area (Å²) in [7, 11) is -3.23. The molecule has 6 heteroatoms. The van der Waals surface area contributed by atoms with Crippen molar-refractivity contribution in [3.05, 3.63) is 0 Å². The lowest BCUT2D eigenvalue weighted by molar-refractivity contribution is -0.140. The van der Waals surface area contributed by atoms with Crippen LogP contribution in [0.15, 0.2) is 0 Å². The molecular formula is C6H13O5P. The predicted octanol–water partition coefficient (Wildman–Crippen LogP) is 0.506. The Hall–Kier alpha value is -0.380. The molecule has 0 aromatic carbocycles. The van der Waals surface area contributed by atoms with Crippen LogP contribution in [0, 0.1) is 0 Å². The van der Waals surface area contributed by atoms with Gasteiger partial charge >= 0.3 is 13.6 Å². The molecule has 0 saturated heterocycles. The minimum atomic E-state index is -4.34. The van der Waals surface area contributed by atoms with Gasteiger partial charge in [0.15, 0.2) is 5.66 Å². The highest BCUT2D eigenvalue weighted by molar-refractivity contribution is 7.53. The van der Waals surface area contributed by atoms with Gasteiger partial charge in [-0.25, -0.2) is 0 Å². The van der Waals surface area contributed by atoms with Crippen LogP contribution in [0.5, 0.6) is 0 Å². The van der Waals surface area contributed by atoms with Crippen molar-refractivity contribution in [1.82, 2.24) is 0 Å². The Kier molecular flexibility index (Phi) is 4.45. The first kappa shape index (κ1) is 11.6. The molecule has 0 bridgehead atoms. The Balaban J connectivity index is 4.44. The molecule has 0 aliphatic rings. The molecule has 0 aromatic heterocycles. The lowest BCUT2D eigenvalue weighted by Gasteiger charge is -2.14. The number of carbonyl (C=O) groups excluding carboxylic acids is 1. The molecule has 0 rings (SSSR count). The summed E-state index contributed by atoms with van der Waals surface area (Å²) >= 11 is 0. The Morgan fingerprint density at radius 1 is 1.58 bits per heavy atom. The van der Waals surface area contributed by atoms with Gasteiger partial charge in [-0.1, -0.05) is 13.3 Å². The summed E-state index contributed by atoms with van der Waals surface area (Å²) in [6, 6.07) is 0. The van der Waals surface area contributed by atoms with Crippen LogP contribution in [0.1, 0.15) is 19.8 Å². The zero-order valence-corrected chi connectivity index (χ0v) is 7.95. The number of rotatable bonds is 4. The third-order valence-corrected chi connectivity index (χ3v) is 2.72. The van der Waals surface area contributed by atoms with Crippen molar-refractivity contribution in [3.8, 4) is 0 Å². The first-order chi connectivity index (χ1) is 5.43. The van der Waals surface area contributed by atoms with E-state index in [-0.39, 0.29) is 6.42 Å². The SMILES string of the molecule is CCCC(C(=O)OC)P(=O)(O)O. The summed E-state index contributed by atoms with van der Waals surface area (Å²) in [5.74, 6) is -0.842. The van der Waals surface area contributed by atoms with Gasteiger partial charge in [0, 0.05) is 0 Å². The molecule has 2 N–H and O–H groups in total. The molecule has 1 unspecified atom stereocenters. The number of hydrogen-bond donors (Lipinski definition) is 2. The van der Waals surface area contributed by atoms with E-state index in [4.69, 9.17) is 9.79 Å². The topological polar surface area (TPSA) is 83.8 Å². The molecule has 0 spiro atoms. The van der Waals surface area contributed by atoms with Crippen molar-refractivity contribution in [2.45, 2.75) is 25.4 Å². The third-order valence-electron chi connectivity index (χ3n) is 1.44. The minimum absolute atomic E-state index is 0.150. The van der Waals surface area contributed by atoms with E-state index < -0.39 is 19.2 Å². The van der Waals surface area contributed by atoms with E-state index in [0.717, 1.165) is 7.11 Å². The Bertz CT molecular complexity index is 196. The second-order valence-electron chi connectivity index (χ2n) is 2.42. The average Bonchev–Trinajstić information content (AvgIpc) is 1.96. The van der Waals surface area contributed by atoms with E-state index in [0.29, 0.717) is 6.42 Å². The highest BCUT2D eigenvalue weighted by Gasteiger charge is 2.35. The monoisotopic (exact) mass is 196 g/mol. The maximum Gasteiger partial charge on any atom is 0.339 e. The van der Waals surface area contributed by atoms with E-state index in [2.05, 4.69) is 4.74 Å². The van der Waals surface area contributed by atoms with Gasteiger partial charge in [0.2, 0.25) is 0 Å². The van der Waals surface area contributed by atoms with Crippen LogP contribution >= 0.6 is 7.60 Å². The molecule has 0 saturated carbocycles. The largest absolute Gasteiger partial charge is 0.468 e. The number of esters is 1. The van der Waals surface area contributed by atoms with E-state index in [1.165, 1.54) is 0 Å². The quantitative estimate of drug-likeness (QED) is 0.505. The van der Waals surface area contributed by atoms with E-state index in [1.807, 2.05) is 0 Å². The summed E-state index contributed by atoms with van der Waals surface area (Å²) in [4.78, 5) is 28.3. The van der Waals surface area contributed by atoms with Gasteiger partial charge in [0.25, 0.3) is 0 Å². The van der Waals surface area contributed by atoms with Crippen LogP contribution in [0.3, 0.4) is 0 Å². The molecule has 0 aliphatic heterocycles. The fraction of sp³-hybridized carbons (Fsp3) is 0.833. The first-order valence-corrected chi connectivity index (χ1v) is 5.24. The van der Waals surface area contributed by atoms with Gasteiger partial charge in [-0.3, -0.25) is 9.36 Å². The van der Waals surface area contributed by atoms with E-state index >= 15 is 0 Å². The van der Waals surface area contributed by atoms with E-state index in [9.17, 15) is 9.36 Å². The highest BCUT2D eigenvalue weighted by atomic mass is 31.2. The van der Waals surface area contributed by atoms with E-state index in [1.54, 1.807) is 6.92 Å². The summed E-state index contributed by atoms with van der Waals surface area (Å²) < 4.78 is 15.0. The highest BCUT2D eigenvalue weighted by Crippen LogP contribution is 2.43. The molecule has 0 radical (unpaired) electrons. The van der Waals surface area contributed by atoms with Gasteiger partial charge in [-0.15, -0.1) is 0 Å². The number of carbonyl (C=O) groups is 1. The van der Waals surface area contributed by atoms with Crippen molar-refractivity contribution in [3.63, 3.8) is 0 Å². The van der Waals surface area contributed by atoms with Crippen LogP contribution < -0.4 is 0 Å². The summed E-state index contributed by atoms with van der Waals surface area (Å²) in [5.41, 5.74) is -1.30. The van der Waals surface area contributed by atoms with Gasteiger partial charge in [-0.2, -0.15) is 0 Å². The number of methoxy groups -OCH3 is 1. The van der Waals surface area contributed by atoms with Crippen LogP contribution in [0.25, 0.3) is 0 Å². The molecule has 5 nitrogen and oxygen atoms in total. The van der Waals surface area contributed by atoms with Crippen molar-refractivity contribution in [1.29, 1.82) is 0 Å². The molecule has 12 heavy (non-hydrogen) atoms. The molecule has 0 amide bonds. The Morgan fingerprint density at radius 3 is 2.33 bits per heavy atom. The molecule has 0 heterocycles. The van der Waals surface area contributed by atoms with Crippen LogP contribution in [-0.4, -0.2) is 28.5 Å². The second kappa shape index (κ2) is 4.60. The lowest BCUT2D eigenvalue weighted by atomic mass is 10.2. The standard InChI is InChI=1S/C6H13O5P/c1-3-4-5(6(7)11-2)12(8,9)10/h5H,3-4H2,1-2H3,(H2,8,9,10). The van der Waals surface area contributed by atoms with Gasteiger partial charge in [-0.05, 0) is 6.42 Å². The maximum absolute atomic E-state index is 10.8. The number of ether oxygens (including phenoxy) is 1. The molecule has 0 aromatic rings. The normalized spacial score (nSPS) is 14.0. The van der Waals surface area contributed by atoms with Crippen LogP contribution in [0.2, 0.25) is 0 Å². The van der Waals surface area contributed by atoms with Gasteiger partial charge in [0.05, 0.1) is 7.11 Å². The first-order valence-electron chi connectivity index (χ1n) is 3.56.